The normalized spacial score (nSPS) is 26.8. The Hall–Kier alpha value is -0.670. The number of allylic oxidation sites excluding steroid dienone is 4. The number of hydrogen-bond acceptors (Lipinski definition) is 1. The molecule has 0 heterocycles. The number of benzene rings is 1. The molecule has 0 aliphatic heterocycles. The van der Waals surface area contributed by atoms with Crippen molar-refractivity contribution in [3.63, 3.8) is 0 Å². The maximum Gasteiger partial charge on any atom is 0.133 e. The zero-order chi connectivity index (χ0) is 13.2. The number of halogens is 2. The number of carbonyl (C=O) groups excluding carboxylic acids is 1. The van der Waals surface area contributed by atoms with E-state index in [0.717, 1.165) is 5.57 Å². The van der Waals surface area contributed by atoms with Gasteiger partial charge >= 0.3 is 0 Å². The third-order valence-electron chi connectivity index (χ3n) is 3.01. The van der Waals surface area contributed by atoms with Crippen LogP contribution in [0.1, 0.15) is 18.9 Å². The van der Waals surface area contributed by atoms with E-state index < -0.39 is 0 Å². The van der Waals surface area contributed by atoms with Crippen LogP contribution in [0.2, 0.25) is 0 Å². The van der Waals surface area contributed by atoms with Crippen molar-refractivity contribution >= 4 is 37.6 Å². The van der Waals surface area contributed by atoms with Crippen LogP contribution in [0.15, 0.2) is 54.1 Å². The second-order valence-corrected chi connectivity index (χ2v) is 6.70. The van der Waals surface area contributed by atoms with E-state index in [0.29, 0.717) is 6.42 Å². The van der Waals surface area contributed by atoms with Crippen LogP contribution in [0.25, 0.3) is 0 Å². The minimum Gasteiger partial charge on any atom is -0.300 e. The Balaban J connectivity index is 2.34. The third-order valence-corrected chi connectivity index (χ3v) is 6.12. The maximum absolute atomic E-state index is 11.3. The summed E-state index contributed by atoms with van der Waals surface area (Å²) in [6.45, 7) is 1.62. The summed E-state index contributed by atoms with van der Waals surface area (Å²) < 4.78 is -0.284. The highest BCUT2D eigenvalue weighted by Gasteiger charge is 2.37. The quantitative estimate of drug-likeness (QED) is 0.716. The molecule has 1 aromatic rings. The van der Waals surface area contributed by atoms with Gasteiger partial charge in [-0.05, 0) is 18.1 Å². The summed E-state index contributed by atoms with van der Waals surface area (Å²) in [5.41, 5.74) is 2.28. The van der Waals surface area contributed by atoms with Crippen molar-refractivity contribution in [3.05, 3.63) is 59.7 Å². The Morgan fingerprint density at radius 3 is 2.61 bits per heavy atom. The van der Waals surface area contributed by atoms with Crippen LogP contribution in [-0.4, -0.2) is 10.6 Å². The van der Waals surface area contributed by atoms with E-state index >= 15 is 0 Å². The first-order valence-electron chi connectivity index (χ1n) is 5.80. The van der Waals surface area contributed by atoms with Crippen LogP contribution in [0, 0.1) is 0 Å². The monoisotopic (exact) mass is 368 g/mol. The predicted molar refractivity (Wildman–Crippen MR) is 82.3 cm³/mol. The fourth-order valence-electron chi connectivity index (χ4n) is 2.12. The van der Waals surface area contributed by atoms with E-state index in [1.807, 2.05) is 30.4 Å². The summed E-state index contributed by atoms with van der Waals surface area (Å²) in [5, 5.41) is 0. The Bertz CT molecular complexity index is 504. The first kappa shape index (κ1) is 13.8. The predicted octanol–water partition coefficient (Wildman–Crippen LogP) is 4.52. The Kier molecular flexibility index (Phi) is 4.23. The molecular weight excluding hydrogens is 356 g/mol. The minimum absolute atomic E-state index is 0.0845. The largest absolute Gasteiger partial charge is 0.300 e. The zero-order valence-corrected chi connectivity index (χ0v) is 13.2. The molecule has 94 valence electrons. The zero-order valence-electron chi connectivity index (χ0n) is 10.1. The van der Waals surface area contributed by atoms with Crippen molar-refractivity contribution in [3.8, 4) is 0 Å². The molecule has 0 bridgehead atoms. The SMILES string of the molecule is CC(=O)CC1=CC=CC(Br)(c2ccccc2)C1Br. The van der Waals surface area contributed by atoms with Crippen molar-refractivity contribution in [2.24, 2.45) is 0 Å². The highest BCUT2D eigenvalue weighted by atomic mass is 79.9. The van der Waals surface area contributed by atoms with Crippen LogP contribution in [0.3, 0.4) is 0 Å². The van der Waals surface area contributed by atoms with E-state index in [1.54, 1.807) is 6.92 Å². The van der Waals surface area contributed by atoms with Crippen molar-refractivity contribution in [2.75, 3.05) is 0 Å². The smallest absolute Gasteiger partial charge is 0.133 e. The molecular formula is C15H14Br2O. The number of carbonyl (C=O) groups is 1. The molecule has 0 amide bonds. The molecule has 1 aromatic carbocycles. The first-order valence-corrected chi connectivity index (χ1v) is 7.51. The van der Waals surface area contributed by atoms with Crippen LogP contribution >= 0.6 is 31.9 Å². The van der Waals surface area contributed by atoms with Gasteiger partial charge in [0.2, 0.25) is 0 Å². The van der Waals surface area contributed by atoms with Gasteiger partial charge in [-0.3, -0.25) is 4.79 Å². The molecule has 0 radical (unpaired) electrons. The molecule has 1 nitrogen and oxygen atoms in total. The summed E-state index contributed by atoms with van der Waals surface area (Å²) in [5.74, 6) is 0.184. The third kappa shape index (κ3) is 2.67. The van der Waals surface area contributed by atoms with Crippen LogP contribution in [-0.2, 0) is 9.12 Å². The standard InChI is InChI=1S/C15H14Br2O/c1-11(18)10-12-6-5-9-15(17,14(12)16)13-7-3-2-4-8-13/h2-9,14H,10H2,1H3. The summed E-state index contributed by atoms with van der Waals surface area (Å²) in [7, 11) is 0. The number of Topliss-reactive ketones (excluding diaryl/α,β-unsaturated/α-hetero) is 1. The Labute approximate surface area is 124 Å². The van der Waals surface area contributed by atoms with Gasteiger partial charge in [0.25, 0.3) is 0 Å². The summed E-state index contributed by atoms with van der Waals surface area (Å²) >= 11 is 7.54. The Morgan fingerprint density at radius 2 is 2.00 bits per heavy atom. The number of rotatable bonds is 3. The molecule has 0 spiro atoms. The molecule has 2 atom stereocenters. The fourth-order valence-corrected chi connectivity index (χ4v) is 3.57. The summed E-state index contributed by atoms with van der Waals surface area (Å²) in [6, 6.07) is 10.2. The van der Waals surface area contributed by atoms with Gasteiger partial charge in [-0.2, -0.15) is 0 Å². The van der Waals surface area contributed by atoms with Gasteiger partial charge in [0, 0.05) is 6.42 Å². The molecule has 0 N–H and O–H groups in total. The van der Waals surface area contributed by atoms with Crippen LogP contribution in [0.4, 0.5) is 0 Å². The van der Waals surface area contributed by atoms with E-state index in [9.17, 15) is 4.79 Å². The highest BCUT2D eigenvalue weighted by molar-refractivity contribution is 9.12. The molecule has 3 heteroatoms. The average molecular weight is 370 g/mol. The van der Waals surface area contributed by atoms with Gasteiger partial charge in [-0.1, -0.05) is 80.4 Å². The van der Waals surface area contributed by atoms with Gasteiger partial charge in [0.15, 0.2) is 0 Å². The van der Waals surface area contributed by atoms with Gasteiger partial charge in [-0.25, -0.2) is 0 Å². The number of ketones is 1. The van der Waals surface area contributed by atoms with Crippen molar-refractivity contribution in [1.29, 1.82) is 0 Å². The first-order chi connectivity index (χ1) is 8.54. The van der Waals surface area contributed by atoms with E-state index in [1.165, 1.54) is 5.56 Å². The van der Waals surface area contributed by atoms with Gasteiger partial charge in [-0.15, -0.1) is 0 Å². The molecule has 0 saturated heterocycles. The van der Waals surface area contributed by atoms with Crippen molar-refractivity contribution in [2.45, 2.75) is 22.5 Å². The summed E-state index contributed by atoms with van der Waals surface area (Å²) in [6.07, 6.45) is 6.63. The fraction of sp³-hybridized carbons (Fsp3) is 0.267. The molecule has 2 rings (SSSR count). The lowest BCUT2D eigenvalue weighted by Gasteiger charge is -2.34. The lowest BCUT2D eigenvalue weighted by atomic mass is 9.86. The van der Waals surface area contributed by atoms with Gasteiger partial charge < -0.3 is 0 Å². The molecule has 1 aliphatic carbocycles. The second kappa shape index (κ2) is 5.54. The summed E-state index contributed by atoms with van der Waals surface area (Å²) in [4.78, 5) is 11.4. The van der Waals surface area contributed by atoms with Crippen molar-refractivity contribution < 1.29 is 4.79 Å². The molecule has 0 aromatic heterocycles. The Morgan fingerprint density at radius 1 is 1.33 bits per heavy atom. The van der Waals surface area contributed by atoms with Crippen molar-refractivity contribution in [1.82, 2.24) is 0 Å². The number of hydrogen-bond donors (Lipinski definition) is 0. The van der Waals surface area contributed by atoms with Crippen LogP contribution in [0.5, 0.6) is 0 Å². The molecule has 0 fully saturated rings. The lowest BCUT2D eigenvalue weighted by molar-refractivity contribution is -0.116. The maximum atomic E-state index is 11.3. The minimum atomic E-state index is -0.284. The average Bonchev–Trinajstić information content (AvgIpc) is 2.36. The molecule has 1 aliphatic rings. The topological polar surface area (TPSA) is 17.1 Å². The number of alkyl halides is 2. The molecule has 18 heavy (non-hydrogen) atoms. The van der Waals surface area contributed by atoms with Crippen LogP contribution < -0.4 is 0 Å². The van der Waals surface area contributed by atoms with Gasteiger partial charge in [0.1, 0.15) is 5.78 Å². The second-order valence-electron chi connectivity index (χ2n) is 4.48. The lowest BCUT2D eigenvalue weighted by Crippen LogP contribution is -2.31. The van der Waals surface area contributed by atoms with E-state index in [-0.39, 0.29) is 14.9 Å². The molecule has 0 saturated carbocycles. The molecule has 2 unspecified atom stereocenters. The highest BCUT2D eigenvalue weighted by Crippen LogP contribution is 2.46. The van der Waals surface area contributed by atoms with E-state index in [4.69, 9.17) is 0 Å². The van der Waals surface area contributed by atoms with Gasteiger partial charge in [0.05, 0.1) is 9.15 Å². The van der Waals surface area contributed by atoms with E-state index in [2.05, 4.69) is 50.1 Å².